The molecule has 0 spiro atoms. The van der Waals surface area contributed by atoms with Gasteiger partial charge in [-0.1, -0.05) is 42.5 Å². The third-order valence-corrected chi connectivity index (χ3v) is 5.42. The first kappa shape index (κ1) is 16.8. The van der Waals surface area contributed by atoms with E-state index in [0.29, 0.717) is 24.2 Å². The highest BCUT2D eigenvalue weighted by Crippen LogP contribution is 2.33. The molecule has 0 radical (unpaired) electrons. The lowest BCUT2D eigenvalue weighted by atomic mass is 10.0. The number of carbonyl (C=O) groups is 2. The van der Waals surface area contributed by atoms with Gasteiger partial charge in [-0.2, -0.15) is 0 Å². The molecule has 1 atom stereocenters. The molecule has 130 valence electrons. The van der Waals surface area contributed by atoms with Crippen molar-refractivity contribution < 1.29 is 9.59 Å². The summed E-state index contributed by atoms with van der Waals surface area (Å²) in [6.45, 7) is 0.671. The Morgan fingerprint density at radius 1 is 0.962 bits per heavy atom. The van der Waals surface area contributed by atoms with Gasteiger partial charge in [0, 0.05) is 22.3 Å². The van der Waals surface area contributed by atoms with Crippen LogP contribution in [0.2, 0.25) is 0 Å². The van der Waals surface area contributed by atoms with Gasteiger partial charge in [-0.15, -0.1) is 0 Å². The van der Waals surface area contributed by atoms with Crippen LogP contribution in [0.3, 0.4) is 0 Å². The summed E-state index contributed by atoms with van der Waals surface area (Å²) in [7, 11) is 0. The van der Waals surface area contributed by atoms with Crippen LogP contribution in [0.4, 0.5) is 5.69 Å². The second-order valence-corrected chi connectivity index (χ2v) is 7.15. The van der Waals surface area contributed by atoms with Gasteiger partial charge in [0.15, 0.2) is 0 Å². The summed E-state index contributed by atoms with van der Waals surface area (Å²) in [4.78, 5) is 25.5. The molecular weight excluding hydrogens is 392 g/mol. The van der Waals surface area contributed by atoms with Crippen molar-refractivity contribution >= 4 is 33.3 Å². The lowest BCUT2D eigenvalue weighted by Crippen LogP contribution is -2.19. The first-order chi connectivity index (χ1) is 12.6. The quantitative estimate of drug-likeness (QED) is 0.640. The molecule has 1 unspecified atom stereocenters. The maximum atomic E-state index is 12.8. The fourth-order valence-corrected chi connectivity index (χ4v) is 3.81. The zero-order valence-electron chi connectivity index (χ0n) is 14.0. The number of benzene rings is 2. The number of halogens is 1. The average Bonchev–Trinajstić information content (AvgIpc) is 3.25. The second kappa shape index (κ2) is 6.92. The van der Waals surface area contributed by atoms with E-state index in [4.69, 9.17) is 0 Å². The van der Waals surface area contributed by atoms with Crippen molar-refractivity contribution in [1.29, 1.82) is 0 Å². The normalized spacial score (nSPS) is 15.5. The molecule has 2 heterocycles. The van der Waals surface area contributed by atoms with Crippen LogP contribution >= 0.6 is 15.9 Å². The Morgan fingerprint density at radius 2 is 1.69 bits per heavy atom. The Morgan fingerprint density at radius 3 is 2.46 bits per heavy atom. The molecule has 0 fully saturated rings. The largest absolute Gasteiger partial charge is 0.341 e. The van der Waals surface area contributed by atoms with Crippen molar-refractivity contribution in [2.75, 3.05) is 5.32 Å². The number of nitrogens with zero attached hydrogens (tertiary/aromatic N) is 1. The molecule has 1 amide bonds. The van der Waals surface area contributed by atoms with E-state index in [-0.39, 0.29) is 17.6 Å². The minimum Gasteiger partial charge on any atom is -0.341 e. The van der Waals surface area contributed by atoms with E-state index in [9.17, 15) is 9.59 Å². The number of hydrogen-bond donors (Lipinski definition) is 1. The van der Waals surface area contributed by atoms with Crippen LogP contribution in [-0.2, 0) is 11.3 Å². The van der Waals surface area contributed by atoms with Gasteiger partial charge >= 0.3 is 0 Å². The van der Waals surface area contributed by atoms with Crippen molar-refractivity contribution in [3.63, 3.8) is 0 Å². The van der Waals surface area contributed by atoms with Gasteiger partial charge in [-0.3, -0.25) is 9.59 Å². The molecule has 1 aromatic heterocycles. The number of aromatic nitrogens is 1. The van der Waals surface area contributed by atoms with Crippen molar-refractivity contribution in [3.05, 3.63) is 88.2 Å². The number of para-hydroxylation sites is 1. The SMILES string of the molecule is O=C(c1ccccc1)c1ccc2n1CCC2C(=O)Nc1ccccc1Br. The summed E-state index contributed by atoms with van der Waals surface area (Å²) < 4.78 is 2.82. The lowest BCUT2D eigenvalue weighted by Gasteiger charge is -2.12. The van der Waals surface area contributed by atoms with Crippen molar-refractivity contribution in [2.45, 2.75) is 18.9 Å². The van der Waals surface area contributed by atoms with Crippen molar-refractivity contribution in [3.8, 4) is 0 Å². The third kappa shape index (κ3) is 2.99. The number of hydrogen-bond acceptors (Lipinski definition) is 2. The molecule has 4 nitrogen and oxygen atoms in total. The van der Waals surface area contributed by atoms with E-state index in [1.807, 2.05) is 71.3 Å². The Bertz CT molecular complexity index is 979. The highest BCUT2D eigenvalue weighted by Gasteiger charge is 2.32. The topological polar surface area (TPSA) is 51.1 Å². The summed E-state index contributed by atoms with van der Waals surface area (Å²) >= 11 is 3.45. The van der Waals surface area contributed by atoms with Gasteiger partial charge in [-0.25, -0.2) is 0 Å². The van der Waals surface area contributed by atoms with Gasteiger partial charge in [0.05, 0.1) is 17.3 Å². The fourth-order valence-electron chi connectivity index (χ4n) is 3.43. The number of anilines is 1. The zero-order chi connectivity index (χ0) is 18.1. The van der Waals surface area contributed by atoms with E-state index < -0.39 is 0 Å². The first-order valence-electron chi connectivity index (χ1n) is 8.49. The van der Waals surface area contributed by atoms with Crippen LogP contribution in [0.15, 0.2) is 71.2 Å². The minimum atomic E-state index is -0.251. The maximum absolute atomic E-state index is 12.8. The average molecular weight is 409 g/mol. The zero-order valence-corrected chi connectivity index (χ0v) is 15.6. The van der Waals surface area contributed by atoms with E-state index in [1.165, 1.54) is 0 Å². The number of rotatable bonds is 4. The van der Waals surface area contributed by atoms with Crippen molar-refractivity contribution in [1.82, 2.24) is 4.57 Å². The smallest absolute Gasteiger partial charge is 0.233 e. The van der Waals surface area contributed by atoms with E-state index in [0.717, 1.165) is 15.9 Å². The Balaban J connectivity index is 1.58. The molecule has 0 aliphatic carbocycles. The molecule has 1 aliphatic heterocycles. The van der Waals surface area contributed by atoms with Crippen LogP contribution in [0, 0.1) is 0 Å². The fraction of sp³-hybridized carbons (Fsp3) is 0.143. The molecule has 5 heteroatoms. The Labute approximate surface area is 160 Å². The van der Waals surface area contributed by atoms with Gasteiger partial charge in [0.1, 0.15) is 0 Å². The van der Waals surface area contributed by atoms with Crippen molar-refractivity contribution in [2.24, 2.45) is 0 Å². The van der Waals surface area contributed by atoms with Gasteiger partial charge in [-0.05, 0) is 46.6 Å². The minimum absolute atomic E-state index is 0.0105. The number of fused-ring (bicyclic) bond motifs is 1. The standard InChI is InChI=1S/C21H17BrN2O2/c22-16-8-4-5-9-17(16)23-21(26)15-12-13-24-18(15)10-11-19(24)20(25)14-6-2-1-3-7-14/h1-11,15H,12-13H2,(H,23,26). The van der Waals surface area contributed by atoms with Gasteiger partial charge < -0.3 is 9.88 Å². The molecule has 3 aromatic rings. The highest BCUT2D eigenvalue weighted by molar-refractivity contribution is 9.10. The Hall–Kier alpha value is -2.66. The van der Waals surface area contributed by atoms with Crippen LogP contribution in [0.1, 0.15) is 34.1 Å². The summed E-state index contributed by atoms with van der Waals surface area (Å²) in [6, 6.07) is 20.5. The molecule has 4 rings (SSSR count). The maximum Gasteiger partial charge on any atom is 0.233 e. The molecule has 0 bridgehead atoms. The molecule has 2 aromatic carbocycles. The predicted molar refractivity (Wildman–Crippen MR) is 104 cm³/mol. The van der Waals surface area contributed by atoms with Gasteiger partial charge in [0.25, 0.3) is 0 Å². The van der Waals surface area contributed by atoms with E-state index >= 15 is 0 Å². The summed E-state index contributed by atoms with van der Waals surface area (Å²) in [5.41, 5.74) is 2.95. The second-order valence-electron chi connectivity index (χ2n) is 6.30. The number of amides is 1. The number of ketones is 1. The molecule has 0 saturated carbocycles. The molecule has 0 saturated heterocycles. The Kier molecular flexibility index (Phi) is 4.47. The van der Waals surface area contributed by atoms with Crippen LogP contribution < -0.4 is 5.32 Å². The number of nitrogens with one attached hydrogen (secondary N) is 1. The molecule has 1 N–H and O–H groups in total. The summed E-state index contributed by atoms with van der Waals surface area (Å²) in [5, 5.41) is 2.98. The summed E-state index contributed by atoms with van der Waals surface area (Å²) in [6.07, 6.45) is 0.696. The lowest BCUT2D eigenvalue weighted by molar-refractivity contribution is -0.117. The first-order valence-corrected chi connectivity index (χ1v) is 9.29. The molecule has 1 aliphatic rings. The van der Waals surface area contributed by atoms with Crippen LogP contribution in [0.5, 0.6) is 0 Å². The molecule has 26 heavy (non-hydrogen) atoms. The highest BCUT2D eigenvalue weighted by atomic mass is 79.9. The van der Waals surface area contributed by atoms with Crippen LogP contribution in [-0.4, -0.2) is 16.3 Å². The van der Waals surface area contributed by atoms with Gasteiger partial charge in [0.2, 0.25) is 11.7 Å². The molecular formula is C21H17BrN2O2. The van der Waals surface area contributed by atoms with Crippen LogP contribution in [0.25, 0.3) is 0 Å². The van der Waals surface area contributed by atoms with E-state index in [1.54, 1.807) is 0 Å². The summed E-state index contributed by atoms with van der Waals surface area (Å²) in [5.74, 6) is -0.310. The monoisotopic (exact) mass is 408 g/mol. The number of carbonyl (C=O) groups excluding carboxylic acids is 2. The van der Waals surface area contributed by atoms with E-state index in [2.05, 4.69) is 21.2 Å². The third-order valence-electron chi connectivity index (χ3n) is 4.73. The predicted octanol–water partition coefficient (Wildman–Crippen LogP) is 4.61.